The molecule has 0 aliphatic heterocycles. The van der Waals surface area contributed by atoms with Crippen LogP contribution in [0.1, 0.15) is 9.60 Å². The van der Waals surface area contributed by atoms with Crippen LogP contribution in [0.25, 0.3) is 65.7 Å². The van der Waals surface area contributed by atoms with Crippen LogP contribution in [0, 0.1) is 0 Å². The Kier molecular flexibility index (Phi) is 4.70. The first-order valence-corrected chi connectivity index (χ1v) is 15.1. The molecule has 0 unspecified atom stereocenters. The molecule has 0 saturated carbocycles. The van der Waals surface area contributed by atoms with Gasteiger partial charge in [-0.25, -0.2) is 0 Å². The summed E-state index contributed by atoms with van der Waals surface area (Å²) < 4.78 is 65.8. The van der Waals surface area contributed by atoms with E-state index in [-0.39, 0.29) is 57.7 Å². The molecule has 9 rings (SSSR count). The van der Waals surface area contributed by atoms with E-state index in [9.17, 15) is 0 Å². The van der Waals surface area contributed by atoms with Crippen molar-refractivity contribution in [3.8, 4) is 22.3 Å². The molecule has 0 aliphatic rings. The van der Waals surface area contributed by atoms with Gasteiger partial charge in [0.05, 0.1) is 15.3 Å². The highest BCUT2D eigenvalue weighted by atomic mass is 16.3. The Morgan fingerprint density at radius 2 is 1.02 bits per heavy atom. The first kappa shape index (κ1) is 20.0. The molecule has 0 radical (unpaired) electrons. The van der Waals surface area contributed by atoms with Crippen LogP contribution in [0.4, 0.5) is 17.1 Å². The van der Waals surface area contributed by atoms with Gasteiger partial charge in [0, 0.05) is 33.1 Å². The Bertz CT molecular complexity index is 2910. The normalized spacial score (nSPS) is 13.6. The van der Waals surface area contributed by atoms with E-state index < -0.39 is 12.1 Å². The Hall–Kier alpha value is -6.12. The lowest BCUT2D eigenvalue weighted by molar-refractivity contribution is 0.670. The number of furan rings is 1. The molecule has 8 aromatic carbocycles. The van der Waals surface area contributed by atoms with Gasteiger partial charge in [-0.05, 0) is 69.2 Å². The topological polar surface area (TPSA) is 16.4 Å². The third kappa shape index (κ3) is 4.35. The Morgan fingerprint density at radius 3 is 1.78 bits per heavy atom. The summed E-state index contributed by atoms with van der Waals surface area (Å²) in [6.45, 7) is 0. The zero-order chi connectivity index (χ0) is 36.5. The van der Waals surface area contributed by atoms with Crippen molar-refractivity contribution in [3.05, 3.63) is 176 Å². The second-order valence-corrected chi connectivity index (χ2v) is 11.2. The van der Waals surface area contributed by atoms with Crippen molar-refractivity contribution >= 4 is 60.5 Å². The first-order chi connectivity index (χ1) is 25.7. The third-order valence-corrected chi connectivity index (χ3v) is 8.58. The maximum atomic E-state index is 8.91. The molecule has 0 bridgehead atoms. The van der Waals surface area contributed by atoms with Gasteiger partial charge in [-0.3, -0.25) is 0 Å². The van der Waals surface area contributed by atoms with E-state index in [0.717, 1.165) is 39.0 Å². The molecule has 216 valence electrons. The van der Waals surface area contributed by atoms with Crippen LogP contribution >= 0.6 is 0 Å². The fourth-order valence-corrected chi connectivity index (χ4v) is 6.41. The van der Waals surface area contributed by atoms with E-state index in [1.54, 1.807) is 0 Å². The van der Waals surface area contributed by atoms with E-state index >= 15 is 0 Å². The average Bonchev–Trinajstić information content (AvgIpc) is 3.60. The van der Waals surface area contributed by atoms with Gasteiger partial charge in [-0.2, -0.15) is 0 Å². The molecule has 0 N–H and O–H groups in total. The quantitative estimate of drug-likeness (QED) is 0.197. The van der Waals surface area contributed by atoms with Crippen molar-refractivity contribution in [2.75, 3.05) is 4.90 Å². The molecule has 1 heterocycles. The molecule has 0 amide bonds. The predicted octanol–water partition coefficient (Wildman–Crippen LogP) is 12.7. The van der Waals surface area contributed by atoms with Gasteiger partial charge in [0.25, 0.3) is 0 Å². The smallest absolute Gasteiger partial charge is 0.143 e. The molecule has 1 aromatic heterocycles. The van der Waals surface area contributed by atoms with Crippen LogP contribution in [0.5, 0.6) is 0 Å². The summed E-state index contributed by atoms with van der Waals surface area (Å²) in [4.78, 5) is 2.19. The SMILES string of the molecule is [2H]c1c([2H])c([2H])c2c(oc3c(-c4ccc(N(c5ccc(-c6cccc7ccccc67)cc5)c5cccc6ccccc56)cc4)c([2H])c([2H])c([2H])c32)c1[2H]. The summed E-state index contributed by atoms with van der Waals surface area (Å²) >= 11 is 0. The number of nitrogens with zero attached hydrogens (tertiary/aromatic N) is 1. The van der Waals surface area contributed by atoms with E-state index in [1.165, 1.54) is 10.8 Å². The van der Waals surface area contributed by atoms with Gasteiger partial charge in [-0.1, -0.05) is 139 Å². The molecule has 2 nitrogen and oxygen atoms in total. The van der Waals surface area contributed by atoms with Gasteiger partial charge in [0.15, 0.2) is 0 Å². The Labute approximate surface area is 277 Å². The summed E-state index contributed by atoms with van der Waals surface area (Å²) in [6, 6.07) is 42.7. The third-order valence-electron chi connectivity index (χ3n) is 8.58. The summed E-state index contributed by atoms with van der Waals surface area (Å²) in [7, 11) is 0. The highest BCUT2D eigenvalue weighted by Gasteiger charge is 2.17. The summed E-state index contributed by atoms with van der Waals surface area (Å²) in [5.74, 6) is 0. The van der Waals surface area contributed by atoms with E-state index in [1.807, 2.05) is 48.5 Å². The van der Waals surface area contributed by atoms with Crippen molar-refractivity contribution in [1.29, 1.82) is 0 Å². The number of para-hydroxylation sites is 2. The molecule has 0 fully saturated rings. The lowest BCUT2D eigenvalue weighted by Crippen LogP contribution is -2.10. The standard InChI is InChI=1S/C44H29NO/c1-3-14-36-30(10-1)12-7-17-37(36)32-22-26-34(27-23-32)45(42-20-8-13-31-11-2-4-15-38(31)42)35-28-24-33(25-29-35)39-18-9-19-41-40-16-5-6-21-43(40)46-44(39)41/h1-29H/i5D,6D,9D,16D,18D,19D,21D. The fourth-order valence-electron chi connectivity index (χ4n) is 6.41. The van der Waals surface area contributed by atoms with E-state index in [2.05, 4.69) is 89.8 Å². The van der Waals surface area contributed by atoms with Crippen LogP contribution in [-0.2, 0) is 0 Å². The van der Waals surface area contributed by atoms with Gasteiger partial charge in [-0.15, -0.1) is 0 Å². The summed E-state index contributed by atoms with van der Waals surface area (Å²) in [5.41, 5.74) is 5.80. The van der Waals surface area contributed by atoms with Crippen LogP contribution in [0.3, 0.4) is 0 Å². The molecular weight excluding hydrogens is 558 g/mol. The number of fused-ring (bicyclic) bond motifs is 5. The molecule has 0 atom stereocenters. The molecular formula is C44H29NO. The first-order valence-electron chi connectivity index (χ1n) is 18.6. The largest absolute Gasteiger partial charge is 0.455 e. The Balaban J connectivity index is 1.21. The number of anilines is 3. The van der Waals surface area contributed by atoms with Crippen molar-refractivity contribution < 1.29 is 14.0 Å². The van der Waals surface area contributed by atoms with E-state index in [4.69, 9.17) is 14.0 Å². The number of hydrogen-bond donors (Lipinski definition) is 0. The number of rotatable bonds is 5. The van der Waals surface area contributed by atoms with Crippen molar-refractivity contribution in [1.82, 2.24) is 0 Å². The van der Waals surface area contributed by atoms with Crippen LogP contribution in [0.2, 0.25) is 0 Å². The molecule has 46 heavy (non-hydrogen) atoms. The van der Waals surface area contributed by atoms with Gasteiger partial charge in [0.1, 0.15) is 11.2 Å². The molecule has 0 spiro atoms. The lowest BCUT2D eigenvalue weighted by Gasteiger charge is -2.27. The molecule has 0 saturated heterocycles. The van der Waals surface area contributed by atoms with Gasteiger partial charge >= 0.3 is 0 Å². The summed E-state index contributed by atoms with van der Waals surface area (Å²) in [6.07, 6.45) is 0. The van der Waals surface area contributed by atoms with Gasteiger partial charge in [0.2, 0.25) is 0 Å². The van der Waals surface area contributed by atoms with Crippen molar-refractivity contribution in [3.63, 3.8) is 0 Å². The number of benzene rings is 8. The maximum absolute atomic E-state index is 8.91. The van der Waals surface area contributed by atoms with Crippen LogP contribution < -0.4 is 4.90 Å². The van der Waals surface area contributed by atoms with Gasteiger partial charge < -0.3 is 9.32 Å². The minimum absolute atomic E-state index is 0.0384. The van der Waals surface area contributed by atoms with Crippen molar-refractivity contribution in [2.24, 2.45) is 0 Å². The minimum Gasteiger partial charge on any atom is -0.455 e. The molecule has 0 aliphatic carbocycles. The van der Waals surface area contributed by atoms with Crippen molar-refractivity contribution in [2.45, 2.75) is 0 Å². The highest BCUT2D eigenvalue weighted by Crippen LogP contribution is 2.42. The maximum Gasteiger partial charge on any atom is 0.143 e. The van der Waals surface area contributed by atoms with Crippen LogP contribution in [0.15, 0.2) is 180 Å². The second-order valence-electron chi connectivity index (χ2n) is 11.2. The zero-order valence-corrected chi connectivity index (χ0v) is 24.6. The average molecular weight is 595 g/mol. The zero-order valence-electron chi connectivity index (χ0n) is 31.6. The monoisotopic (exact) mass is 594 g/mol. The molecule has 2 heteroatoms. The van der Waals surface area contributed by atoms with Crippen LogP contribution in [-0.4, -0.2) is 0 Å². The molecule has 9 aromatic rings. The minimum atomic E-state index is -0.449. The number of hydrogen-bond acceptors (Lipinski definition) is 2. The van der Waals surface area contributed by atoms with E-state index in [0.29, 0.717) is 5.56 Å². The highest BCUT2D eigenvalue weighted by molar-refractivity contribution is 6.09. The predicted molar refractivity (Wildman–Crippen MR) is 194 cm³/mol. The fraction of sp³-hybridized carbons (Fsp3) is 0. The lowest BCUT2D eigenvalue weighted by atomic mass is 9.98. The Morgan fingerprint density at radius 1 is 0.435 bits per heavy atom. The summed E-state index contributed by atoms with van der Waals surface area (Å²) in [5, 5.41) is 4.66. The second kappa shape index (κ2) is 10.8.